The van der Waals surface area contributed by atoms with E-state index in [-0.39, 0.29) is 11.9 Å². The van der Waals surface area contributed by atoms with Gasteiger partial charge in [0, 0.05) is 12.1 Å². The van der Waals surface area contributed by atoms with Crippen molar-refractivity contribution in [2.75, 3.05) is 12.8 Å². The molecule has 3 rings (SSSR count). The highest BCUT2D eigenvalue weighted by Crippen LogP contribution is 2.35. The minimum Gasteiger partial charge on any atom is -0.496 e. The first kappa shape index (κ1) is 16.7. The summed E-state index contributed by atoms with van der Waals surface area (Å²) in [7, 11) is 1.52. The van der Waals surface area contributed by atoms with Crippen molar-refractivity contribution < 1.29 is 9.53 Å². The van der Waals surface area contributed by atoms with E-state index in [4.69, 9.17) is 22.1 Å². The third-order valence-corrected chi connectivity index (χ3v) is 4.70. The summed E-state index contributed by atoms with van der Waals surface area (Å²) in [6, 6.07) is 13.5. The third-order valence-electron chi connectivity index (χ3n) is 4.37. The number of halogens is 1. The van der Waals surface area contributed by atoms with E-state index in [1.165, 1.54) is 12.7 Å². The fourth-order valence-corrected chi connectivity index (χ4v) is 3.03. The zero-order chi connectivity index (χ0) is 17.1. The van der Waals surface area contributed by atoms with Gasteiger partial charge in [-0.2, -0.15) is 0 Å². The van der Waals surface area contributed by atoms with Crippen molar-refractivity contribution in [3.8, 4) is 5.75 Å². The largest absolute Gasteiger partial charge is 0.496 e. The lowest BCUT2D eigenvalue weighted by Crippen LogP contribution is -2.38. The first-order valence-corrected chi connectivity index (χ1v) is 8.44. The molecule has 1 amide bonds. The van der Waals surface area contributed by atoms with Gasteiger partial charge in [0.25, 0.3) is 5.91 Å². The average Bonchev–Trinajstić information content (AvgIpc) is 3.42. The number of carbonyl (C=O) groups excluding carboxylic acids is 1. The van der Waals surface area contributed by atoms with Gasteiger partial charge < -0.3 is 15.8 Å². The lowest BCUT2D eigenvalue weighted by atomic mass is 10.0. The Kier molecular flexibility index (Phi) is 4.95. The monoisotopic (exact) mass is 344 g/mol. The number of anilines is 1. The second-order valence-electron chi connectivity index (χ2n) is 6.18. The third kappa shape index (κ3) is 3.82. The summed E-state index contributed by atoms with van der Waals surface area (Å²) in [6.45, 7) is 0. The molecule has 1 unspecified atom stereocenters. The van der Waals surface area contributed by atoms with Gasteiger partial charge in [0.05, 0.1) is 23.4 Å². The van der Waals surface area contributed by atoms with E-state index in [1.54, 1.807) is 12.1 Å². The van der Waals surface area contributed by atoms with Crippen LogP contribution < -0.4 is 15.8 Å². The molecule has 0 saturated heterocycles. The summed E-state index contributed by atoms with van der Waals surface area (Å²) in [6.07, 6.45) is 3.12. The number of hydrogen-bond acceptors (Lipinski definition) is 3. The molecule has 1 aliphatic carbocycles. The molecule has 1 atom stereocenters. The minimum absolute atomic E-state index is 0.112. The van der Waals surface area contributed by atoms with Crippen LogP contribution in [0.3, 0.4) is 0 Å². The number of methoxy groups -OCH3 is 1. The summed E-state index contributed by atoms with van der Waals surface area (Å²) >= 11 is 6.07. The Bertz CT molecular complexity index is 730. The van der Waals surface area contributed by atoms with Crippen LogP contribution in [0.5, 0.6) is 5.75 Å². The molecule has 0 bridgehead atoms. The van der Waals surface area contributed by atoms with Gasteiger partial charge in [-0.25, -0.2) is 0 Å². The first-order valence-electron chi connectivity index (χ1n) is 8.06. The number of hydrogen-bond donors (Lipinski definition) is 2. The molecule has 1 aliphatic rings. The van der Waals surface area contributed by atoms with E-state index in [2.05, 4.69) is 17.4 Å². The van der Waals surface area contributed by atoms with Crippen molar-refractivity contribution >= 4 is 23.2 Å². The molecule has 3 N–H and O–H groups in total. The zero-order valence-electron chi connectivity index (χ0n) is 13.6. The highest BCUT2D eigenvalue weighted by Gasteiger charge is 2.33. The van der Waals surface area contributed by atoms with Crippen molar-refractivity contribution in [3.63, 3.8) is 0 Å². The van der Waals surface area contributed by atoms with Gasteiger partial charge in [0.2, 0.25) is 0 Å². The molecule has 0 aliphatic heterocycles. The predicted molar refractivity (Wildman–Crippen MR) is 96.5 cm³/mol. The van der Waals surface area contributed by atoms with E-state index in [0.717, 1.165) is 19.3 Å². The summed E-state index contributed by atoms with van der Waals surface area (Å²) in [5, 5.41) is 3.50. The Morgan fingerprint density at radius 3 is 2.67 bits per heavy atom. The molecule has 0 aromatic heterocycles. The molecule has 5 heteroatoms. The molecule has 0 spiro atoms. The molecule has 24 heavy (non-hydrogen) atoms. The van der Waals surface area contributed by atoms with Gasteiger partial charge in [0.15, 0.2) is 0 Å². The highest BCUT2D eigenvalue weighted by molar-refractivity contribution is 6.33. The Morgan fingerprint density at radius 2 is 2.04 bits per heavy atom. The van der Waals surface area contributed by atoms with Crippen molar-refractivity contribution in [3.05, 3.63) is 58.6 Å². The standard InChI is InChI=1S/C19H21ClN2O2/c1-24-18-11-16(21)15(20)10-14(18)19(23)22-17(13-7-8-13)9-12-5-3-2-4-6-12/h2-6,10-11,13,17H,7-9,21H2,1H3,(H,22,23). The van der Waals surface area contributed by atoms with Gasteiger partial charge in [0.1, 0.15) is 5.75 Å². The molecule has 1 fully saturated rings. The van der Waals surface area contributed by atoms with Gasteiger partial charge in [-0.3, -0.25) is 4.79 Å². The molecule has 0 radical (unpaired) electrons. The van der Waals surface area contributed by atoms with Crippen LogP contribution in [0.25, 0.3) is 0 Å². The Balaban J connectivity index is 1.78. The van der Waals surface area contributed by atoms with Crippen LogP contribution >= 0.6 is 11.6 Å². The number of nitrogens with two attached hydrogens (primary N) is 1. The van der Waals surface area contributed by atoms with Gasteiger partial charge in [-0.15, -0.1) is 0 Å². The van der Waals surface area contributed by atoms with Crippen LogP contribution in [-0.4, -0.2) is 19.1 Å². The van der Waals surface area contributed by atoms with Crippen LogP contribution in [0, 0.1) is 5.92 Å². The second kappa shape index (κ2) is 7.14. The number of rotatable bonds is 6. The van der Waals surface area contributed by atoms with E-state index >= 15 is 0 Å². The maximum Gasteiger partial charge on any atom is 0.255 e. The van der Waals surface area contributed by atoms with Crippen molar-refractivity contribution in [1.82, 2.24) is 5.32 Å². The number of nitrogen functional groups attached to an aromatic ring is 1. The van der Waals surface area contributed by atoms with Crippen LogP contribution in [0.15, 0.2) is 42.5 Å². The summed E-state index contributed by atoms with van der Waals surface area (Å²) in [5.41, 5.74) is 7.81. The predicted octanol–water partition coefficient (Wildman–Crippen LogP) is 3.68. The topological polar surface area (TPSA) is 64.3 Å². The van der Waals surface area contributed by atoms with E-state index in [9.17, 15) is 4.79 Å². The maximum absolute atomic E-state index is 12.7. The quantitative estimate of drug-likeness (QED) is 0.786. The molecule has 126 valence electrons. The van der Waals surface area contributed by atoms with Gasteiger partial charge in [-0.1, -0.05) is 41.9 Å². The number of nitrogens with one attached hydrogen (secondary N) is 1. The molecular weight excluding hydrogens is 324 g/mol. The molecule has 1 saturated carbocycles. The van der Waals surface area contributed by atoms with E-state index in [0.29, 0.717) is 27.9 Å². The number of carbonyl (C=O) groups is 1. The smallest absolute Gasteiger partial charge is 0.255 e. The summed E-state index contributed by atoms with van der Waals surface area (Å²) in [5.74, 6) is 0.787. The molecule has 2 aromatic carbocycles. The average molecular weight is 345 g/mol. The summed E-state index contributed by atoms with van der Waals surface area (Å²) < 4.78 is 5.28. The zero-order valence-corrected chi connectivity index (χ0v) is 14.3. The number of benzene rings is 2. The Labute approximate surface area is 147 Å². The SMILES string of the molecule is COc1cc(N)c(Cl)cc1C(=O)NC(Cc1ccccc1)C1CC1. The number of ether oxygens (including phenoxy) is 1. The minimum atomic E-state index is -0.179. The fraction of sp³-hybridized carbons (Fsp3) is 0.316. The van der Waals surface area contributed by atoms with Gasteiger partial charge in [-0.05, 0) is 36.8 Å². The molecule has 0 heterocycles. The van der Waals surface area contributed by atoms with Crippen molar-refractivity contribution in [2.45, 2.75) is 25.3 Å². The van der Waals surface area contributed by atoms with Crippen LogP contribution in [0.1, 0.15) is 28.8 Å². The fourth-order valence-electron chi connectivity index (χ4n) is 2.86. The molecule has 4 nitrogen and oxygen atoms in total. The molecule has 2 aromatic rings. The number of amides is 1. The normalized spacial score (nSPS) is 14.9. The van der Waals surface area contributed by atoms with Crippen LogP contribution in [-0.2, 0) is 6.42 Å². The van der Waals surface area contributed by atoms with E-state index in [1.807, 2.05) is 18.2 Å². The lowest BCUT2D eigenvalue weighted by molar-refractivity contribution is 0.0929. The molecular formula is C19H21ClN2O2. The van der Waals surface area contributed by atoms with Crippen molar-refractivity contribution in [2.24, 2.45) is 5.92 Å². The van der Waals surface area contributed by atoms with Crippen LogP contribution in [0.4, 0.5) is 5.69 Å². The van der Waals surface area contributed by atoms with Gasteiger partial charge >= 0.3 is 0 Å². The van der Waals surface area contributed by atoms with E-state index < -0.39 is 0 Å². The van der Waals surface area contributed by atoms with Crippen molar-refractivity contribution in [1.29, 1.82) is 0 Å². The maximum atomic E-state index is 12.7. The Morgan fingerprint density at radius 1 is 1.33 bits per heavy atom. The summed E-state index contributed by atoms with van der Waals surface area (Å²) in [4.78, 5) is 12.7. The first-order chi connectivity index (χ1) is 11.6. The van der Waals surface area contributed by atoms with Crippen LogP contribution in [0.2, 0.25) is 5.02 Å². The lowest BCUT2D eigenvalue weighted by Gasteiger charge is -2.20. The Hall–Kier alpha value is -2.20. The highest BCUT2D eigenvalue weighted by atomic mass is 35.5. The second-order valence-corrected chi connectivity index (χ2v) is 6.59.